The van der Waals surface area contributed by atoms with Gasteiger partial charge >= 0.3 is 30.0 Å². The highest BCUT2D eigenvalue weighted by atomic mass is 16.8. The van der Waals surface area contributed by atoms with Gasteiger partial charge in [-0.15, -0.1) is 0 Å². The second-order valence-corrected chi connectivity index (χ2v) is 19.3. The molecule has 0 aliphatic heterocycles. The van der Waals surface area contributed by atoms with Crippen molar-refractivity contribution in [2.75, 3.05) is 20.0 Å². The zero-order chi connectivity index (χ0) is 43.7. The van der Waals surface area contributed by atoms with Crippen LogP contribution in [0.5, 0.6) is 0 Å². The number of esters is 4. The van der Waals surface area contributed by atoms with Crippen LogP contribution in [-0.2, 0) is 52.4 Å². The minimum absolute atomic E-state index is 0.126. The maximum atomic E-state index is 12.9. The molecule has 12 nitrogen and oxygen atoms in total. The van der Waals surface area contributed by atoms with Gasteiger partial charge in [0.05, 0.1) is 0 Å². The Balaban J connectivity index is 1.14. The van der Waals surface area contributed by atoms with Gasteiger partial charge in [0, 0.05) is 31.6 Å². The number of fused-ring (bicyclic) bond motifs is 5. The van der Waals surface area contributed by atoms with Crippen LogP contribution in [0, 0.1) is 46.3 Å². The molecule has 0 spiro atoms. The van der Waals surface area contributed by atoms with Gasteiger partial charge in [-0.3, -0.25) is 24.0 Å². The summed E-state index contributed by atoms with van der Waals surface area (Å²) < 4.78 is 32.3. The number of carbonyl (C=O) groups is 6. The lowest BCUT2D eigenvalue weighted by molar-refractivity contribution is -0.168. The van der Waals surface area contributed by atoms with E-state index in [1.807, 2.05) is 0 Å². The molecular formula is C48H78O12. The molecule has 4 fully saturated rings. The van der Waals surface area contributed by atoms with Gasteiger partial charge in [-0.05, 0) is 118 Å². The Kier molecular flexibility index (Phi) is 20.2. The lowest BCUT2D eigenvalue weighted by Crippen LogP contribution is -2.54. The SMILES string of the molecule is CCCCCCCC(=O)OCC(COC(=O)CCCCCCC)OC(=O)CC(C)CC(=O)OCOC(=O)O[C@@H]1CC[C@@]2(C)[C@@H](CC[C@@H]3[C@@H]2CC[C@]2(C)[C@@H](C(C)=O)CC[C@@H]32)C1. The lowest BCUT2D eigenvalue weighted by Gasteiger charge is -2.61. The number of carbonyl (C=O) groups excluding carboxylic acids is 6. The predicted molar refractivity (Wildman–Crippen MR) is 225 cm³/mol. The Bertz CT molecular complexity index is 1380. The van der Waals surface area contributed by atoms with Crippen molar-refractivity contribution in [2.24, 2.45) is 46.3 Å². The van der Waals surface area contributed by atoms with Gasteiger partial charge in [0.1, 0.15) is 25.1 Å². The third-order valence-corrected chi connectivity index (χ3v) is 14.9. The second kappa shape index (κ2) is 24.5. The van der Waals surface area contributed by atoms with E-state index in [1.165, 1.54) is 12.8 Å². The minimum atomic E-state index is -0.977. The largest absolute Gasteiger partial charge is 0.511 e. The Morgan fingerprint density at radius 2 is 1.20 bits per heavy atom. The topological polar surface area (TPSA) is 158 Å². The molecule has 4 aliphatic rings. The maximum absolute atomic E-state index is 12.9. The normalized spacial score (nSPS) is 28.6. The van der Waals surface area contributed by atoms with Gasteiger partial charge in [-0.2, -0.15) is 0 Å². The molecule has 0 aromatic heterocycles. The zero-order valence-corrected chi connectivity index (χ0v) is 37.9. The van der Waals surface area contributed by atoms with Crippen LogP contribution in [0.1, 0.15) is 189 Å². The molecule has 4 rings (SSSR count). The van der Waals surface area contributed by atoms with Crippen molar-refractivity contribution in [1.82, 2.24) is 0 Å². The lowest BCUT2D eigenvalue weighted by atomic mass is 9.44. The predicted octanol–water partition coefficient (Wildman–Crippen LogP) is 10.4. The standard InChI is InChI=1S/C48H78O12/c1-7-9-11-13-15-17-42(50)55-30-37(31-56-43(51)18-16-14-12-10-8-2)59-45(53)28-33(3)27-44(52)57-32-58-46(54)60-36-23-25-47(5)35(29-36)19-20-38-40-22-21-39(34(4)49)48(40,6)26-24-41(38)47/h33,35-41H,7-32H2,1-6H3/t33?,35-,36+,38-,39+,40-,41-,47-,48+/m0/s1. The average molecular weight is 847 g/mol. The van der Waals surface area contributed by atoms with Gasteiger partial charge in [-0.1, -0.05) is 86.0 Å². The van der Waals surface area contributed by atoms with Crippen molar-refractivity contribution in [1.29, 1.82) is 0 Å². The Morgan fingerprint density at radius 3 is 1.82 bits per heavy atom. The van der Waals surface area contributed by atoms with Crippen LogP contribution in [0.3, 0.4) is 0 Å². The fraction of sp³-hybridized carbons (Fsp3) is 0.875. The van der Waals surface area contributed by atoms with E-state index >= 15 is 0 Å². The molecule has 0 aromatic carbocycles. The van der Waals surface area contributed by atoms with Crippen LogP contribution < -0.4 is 0 Å². The van der Waals surface area contributed by atoms with Crippen LogP contribution in [0.15, 0.2) is 0 Å². The summed E-state index contributed by atoms with van der Waals surface area (Å²) >= 11 is 0. The number of ketones is 1. The first-order valence-electron chi connectivity index (χ1n) is 23.7. The summed E-state index contributed by atoms with van der Waals surface area (Å²) in [5.74, 6) is 0.384. The number of hydrogen-bond acceptors (Lipinski definition) is 12. The number of ether oxygens (including phenoxy) is 6. The fourth-order valence-corrected chi connectivity index (χ4v) is 11.6. The Hall–Kier alpha value is -3.18. The fourth-order valence-electron chi connectivity index (χ4n) is 11.6. The average Bonchev–Trinajstić information content (AvgIpc) is 3.56. The summed E-state index contributed by atoms with van der Waals surface area (Å²) in [6.45, 7) is 11.5. The van der Waals surface area contributed by atoms with Gasteiger partial charge in [-0.25, -0.2) is 4.79 Å². The molecule has 9 atom stereocenters. The van der Waals surface area contributed by atoms with Gasteiger partial charge in [0.25, 0.3) is 0 Å². The second-order valence-electron chi connectivity index (χ2n) is 19.3. The van der Waals surface area contributed by atoms with E-state index < -0.39 is 48.8 Å². The van der Waals surface area contributed by atoms with Crippen LogP contribution in [-0.4, -0.2) is 68.0 Å². The van der Waals surface area contributed by atoms with E-state index in [-0.39, 0.29) is 61.7 Å². The van der Waals surface area contributed by atoms with Crippen LogP contribution in [0.4, 0.5) is 4.79 Å². The summed E-state index contributed by atoms with van der Waals surface area (Å²) in [6.07, 6.45) is 17.3. The molecule has 0 heterocycles. The number of hydrogen-bond donors (Lipinski definition) is 0. The highest BCUT2D eigenvalue weighted by Crippen LogP contribution is 2.67. The number of Topliss-reactive ketones (excluding diaryl/α,β-unsaturated/α-hetero) is 1. The maximum Gasteiger partial charge on any atom is 0.511 e. The van der Waals surface area contributed by atoms with Crippen molar-refractivity contribution >= 4 is 35.8 Å². The van der Waals surface area contributed by atoms with E-state index in [0.717, 1.165) is 96.3 Å². The summed E-state index contributed by atoms with van der Waals surface area (Å²) in [5, 5.41) is 0. The summed E-state index contributed by atoms with van der Waals surface area (Å²) in [6, 6.07) is 0. The molecule has 1 unspecified atom stereocenters. The highest BCUT2D eigenvalue weighted by Gasteiger charge is 2.61. The van der Waals surface area contributed by atoms with E-state index in [2.05, 4.69) is 27.7 Å². The van der Waals surface area contributed by atoms with E-state index in [9.17, 15) is 28.8 Å². The van der Waals surface area contributed by atoms with Crippen molar-refractivity contribution in [3.8, 4) is 0 Å². The molecule has 0 bridgehead atoms. The summed E-state index contributed by atoms with van der Waals surface area (Å²) in [4.78, 5) is 75.3. The molecule has 0 aromatic rings. The van der Waals surface area contributed by atoms with Gasteiger partial charge in [0.2, 0.25) is 6.79 Å². The Labute approximate surface area is 360 Å². The van der Waals surface area contributed by atoms with Gasteiger partial charge in [0.15, 0.2) is 6.10 Å². The molecule has 0 radical (unpaired) electrons. The number of unbranched alkanes of at least 4 members (excludes halogenated alkanes) is 8. The molecule has 0 amide bonds. The van der Waals surface area contributed by atoms with Crippen molar-refractivity contribution < 1.29 is 57.2 Å². The van der Waals surface area contributed by atoms with Crippen molar-refractivity contribution in [3.05, 3.63) is 0 Å². The monoisotopic (exact) mass is 847 g/mol. The molecule has 342 valence electrons. The molecule has 0 N–H and O–H groups in total. The van der Waals surface area contributed by atoms with E-state index in [1.54, 1.807) is 13.8 Å². The van der Waals surface area contributed by atoms with Crippen molar-refractivity contribution in [2.45, 2.75) is 201 Å². The third-order valence-electron chi connectivity index (χ3n) is 14.9. The molecule has 4 aliphatic carbocycles. The molecular weight excluding hydrogens is 769 g/mol. The first-order valence-corrected chi connectivity index (χ1v) is 23.7. The Morgan fingerprint density at radius 1 is 0.617 bits per heavy atom. The summed E-state index contributed by atoms with van der Waals surface area (Å²) in [7, 11) is 0. The number of rotatable bonds is 25. The molecule has 0 saturated heterocycles. The van der Waals surface area contributed by atoms with Crippen LogP contribution in [0.25, 0.3) is 0 Å². The van der Waals surface area contributed by atoms with E-state index in [0.29, 0.717) is 42.3 Å². The van der Waals surface area contributed by atoms with Crippen LogP contribution in [0.2, 0.25) is 0 Å². The third kappa shape index (κ3) is 14.5. The first-order chi connectivity index (χ1) is 28.7. The van der Waals surface area contributed by atoms with E-state index in [4.69, 9.17) is 28.4 Å². The smallest absolute Gasteiger partial charge is 0.462 e. The summed E-state index contributed by atoms with van der Waals surface area (Å²) in [5.41, 5.74) is 0.330. The van der Waals surface area contributed by atoms with Crippen LogP contribution >= 0.6 is 0 Å². The molecule has 12 heteroatoms. The minimum Gasteiger partial charge on any atom is -0.462 e. The molecule has 60 heavy (non-hydrogen) atoms. The van der Waals surface area contributed by atoms with Crippen molar-refractivity contribution in [3.63, 3.8) is 0 Å². The molecule has 4 saturated carbocycles. The highest BCUT2D eigenvalue weighted by molar-refractivity contribution is 5.79. The zero-order valence-electron chi connectivity index (χ0n) is 37.9. The first kappa shape index (κ1) is 49.5. The van der Waals surface area contributed by atoms with Gasteiger partial charge < -0.3 is 28.4 Å². The quantitative estimate of drug-likeness (QED) is 0.0371.